The van der Waals surface area contributed by atoms with Gasteiger partial charge in [0.15, 0.2) is 0 Å². The predicted octanol–water partition coefficient (Wildman–Crippen LogP) is 8.02. The van der Waals surface area contributed by atoms with E-state index in [1.165, 1.54) is 78.5 Å². The van der Waals surface area contributed by atoms with Crippen LogP contribution in [0.4, 0.5) is 0 Å². The van der Waals surface area contributed by atoms with Crippen LogP contribution in [-0.2, 0) is 0 Å². The fourth-order valence-corrected chi connectivity index (χ4v) is 20.2. The second kappa shape index (κ2) is 22.3. The highest BCUT2D eigenvalue weighted by atomic mass is 15.2. The monoisotopic (exact) mass is 885 g/mol. The largest absolute Gasteiger partial charge is 0.335 e. The molecule has 0 aromatic heterocycles. The van der Waals surface area contributed by atoms with E-state index in [2.05, 4.69) is 0 Å². The third-order valence-corrected chi connectivity index (χ3v) is 24.3. The van der Waals surface area contributed by atoms with Crippen LogP contribution in [0.3, 0.4) is 0 Å². The molecular weight excluding hydrogens is 777 g/mol. The van der Waals surface area contributed by atoms with Crippen molar-refractivity contribution in [3.8, 4) is 0 Å². The van der Waals surface area contributed by atoms with E-state index in [1.807, 2.05) is 19.6 Å². The second-order valence-corrected chi connectivity index (χ2v) is 27.7. The molecule has 4 nitrogen and oxygen atoms in total. The maximum atomic E-state index is 2.02. The lowest BCUT2D eigenvalue weighted by molar-refractivity contribution is -0.913. The van der Waals surface area contributed by atoms with Crippen LogP contribution in [0.5, 0.6) is 0 Å². The molecule has 6 aliphatic carbocycles. The lowest BCUT2D eigenvalue weighted by atomic mass is 9.64. The van der Waals surface area contributed by atoms with Crippen molar-refractivity contribution in [1.82, 2.24) is 0 Å². The second-order valence-electron chi connectivity index (χ2n) is 27.7. The standard InChI is InChI=1S/C60H104N4/c1-3-57-39-58(4-1)50-17-9-46(10-18-50)42-62-33-25-54(26-34-62)56-29-37-64(38-30-56)44-48-13-21-52(22-14-48)60-6-2-5-59(40-60)51-19-11-47(12-20-51)43-63-35-27-55(28-36-63)53-23-31-61(32-24-53)41-45-7-15-49(57)16-8-45/h45-60H,1-44H2/p+4. The molecule has 23 fully saturated rings. The van der Waals surface area contributed by atoms with Crippen LogP contribution in [0.2, 0.25) is 0 Å². The van der Waals surface area contributed by atoms with E-state index < -0.39 is 0 Å². The molecule has 4 unspecified atom stereocenters. The number of hydrogen-bond donors (Lipinski definition) is 4. The summed E-state index contributed by atoms with van der Waals surface area (Å²) in [6.07, 6.45) is 50.6. The van der Waals surface area contributed by atoms with Crippen LogP contribution in [-0.4, -0.2) is 78.5 Å². The molecule has 0 radical (unpaired) electrons. The van der Waals surface area contributed by atoms with E-state index in [4.69, 9.17) is 0 Å². The molecule has 0 amide bonds. The van der Waals surface area contributed by atoms with Crippen molar-refractivity contribution >= 4 is 0 Å². The Morgan fingerprint density at radius 3 is 0.562 bits per heavy atom. The van der Waals surface area contributed by atoms with Gasteiger partial charge in [0.2, 0.25) is 0 Å². The third kappa shape index (κ3) is 11.7. The first-order valence-corrected chi connectivity index (χ1v) is 30.9. The molecule has 4 atom stereocenters. The summed E-state index contributed by atoms with van der Waals surface area (Å²) in [6.45, 7) is 18.2. The van der Waals surface area contributed by atoms with Gasteiger partial charge in [-0.15, -0.1) is 0 Å². The molecule has 0 spiro atoms. The fourth-order valence-electron chi connectivity index (χ4n) is 20.2. The number of nitrogens with one attached hydrogen (secondary N) is 4. The highest BCUT2D eigenvalue weighted by molar-refractivity contribution is 4.89. The first-order chi connectivity index (χ1) is 31.6. The maximum absolute atomic E-state index is 2.02. The molecule has 23 aliphatic rings. The van der Waals surface area contributed by atoms with Crippen molar-refractivity contribution in [1.29, 1.82) is 0 Å². The van der Waals surface area contributed by atoms with Crippen molar-refractivity contribution in [3.05, 3.63) is 0 Å². The molecule has 20 bridgehead atoms. The number of piperidine rings is 4. The SMILES string of the molecule is C1CC2CC(C1)C1CCC(CC1)C[NH+]1CCC(CC1)C1CC[NH+](CC1)CC1CCC(CC1)C1CCCC(C1)C1CCC(CC1)C[NH+]1CCC(CC1)C1CC[NH+](CC1)CC1CCC2CC1. The van der Waals surface area contributed by atoms with Crippen LogP contribution < -0.4 is 19.6 Å². The minimum absolute atomic E-state index is 1.05. The van der Waals surface area contributed by atoms with Crippen LogP contribution in [0, 0.1) is 94.7 Å². The Balaban J connectivity index is 0.667. The lowest BCUT2D eigenvalue weighted by Crippen LogP contribution is -3.14. The van der Waals surface area contributed by atoms with E-state index in [9.17, 15) is 0 Å². The summed E-state index contributed by atoms with van der Waals surface area (Å²) in [7, 11) is 0. The minimum atomic E-state index is 1.05. The first-order valence-electron chi connectivity index (χ1n) is 30.9. The van der Waals surface area contributed by atoms with Crippen molar-refractivity contribution in [2.24, 2.45) is 94.7 Å². The summed E-state index contributed by atoms with van der Waals surface area (Å²) in [5.74, 6) is 17.2. The van der Waals surface area contributed by atoms with Gasteiger partial charge in [-0.1, -0.05) is 38.5 Å². The summed E-state index contributed by atoms with van der Waals surface area (Å²) in [6, 6.07) is 0. The van der Waals surface area contributed by atoms with E-state index >= 15 is 0 Å². The molecular formula is C60H108N4+4. The zero-order chi connectivity index (χ0) is 42.7. The Hall–Kier alpha value is -0.160. The lowest BCUT2D eigenvalue weighted by Gasteiger charge is -2.43. The molecule has 4 N–H and O–H groups in total. The van der Waals surface area contributed by atoms with E-state index in [1.54, 1.807) is 205 Å². The zero-order valence-corrected chi connectivity index (χ0v) is 42.4. The van der Waals surface area contributed by atoms with E-state index in [-0.39, 0.29) is 0 Å². The molecule has 17 saturated heterocycles. The smallest absolute Gasteiger partial charge is 0.0799 e. The number of rotatable bonds is 0. The van der Waals surface area contributed by atoms with E-state index in [0.717, 1.165) is 94.7 Å². The molecule has 0 aromatic carbocycles. The van der Waals surface area contributed by atoms with Gasteiger partial charge in [-0.25, -0.2) is 0 Å². The minimum Gasteiger partial charge on any atom is -0.335 e. The molecule has 4 heteroatoms. The normalized spacial score (nSPS) is 50.2. The van der Waals surface area contributed by atoms with Crippen molar-refractivity contribution < 1.29 is 19.6 Å². The highest BCUT2D eigenvalue weighted by Gasteiger charge is 2.41. The molecule has 6 saturated carbocycles. The van der Waals surface area contributed by atoms with Gasteiger partial charge in [0.25, 0.3) is 0 Å². The predicted molar refractivity (Wildman–Crippen MR) is 266 cm³/mol. The fraction of sp³-hybridized carbons (Fsp3) is 1.00. The van der Waals surface area contributed by atoms with Crippen molar-refractivity contribution in [2.75, 3.05) is 78.5 Å². The van der Waals surface area contributed by atoms with Crippen LogP contribution >= 0.6 is 0 Å². The van der Waals surface area contributed by atoms with Gasteiger partial charge in [-0.05, 0) is 238 Å². The Morgan fingerprint density at radius 2 is 0.359 bits per heavy atom. The molecule has 364 valence electrons. The Bertz CT molecular complexity index is 1150. The van der Waals surface area contributed by atoms with Crippen LogP contribution in [0.1, 0.15) is 205 Å². The summed E-state index contributed by atoms with van der Waals surface area (Å²) in [4.78, 5) is 8.08. The average molecular weight is 886 g/mol. The molecule has 17 aliphatic heterocycles. The van der Waals surface area contributed by atoms with Gasteiger partial charge in [0, 0.05) is 23.7 Å². The number of hydrogen-bond acceptors (Lipinski definition) is 0. The quantitative estimate of drug-likeness (QED) is 0.189. The Kier molecular flexibility index (Phi) is 16.1. The molecule has 64 heavy (non-hydrogen) atoms. The van der Waals surface area contributed by atoms with Gasteiger partial charge in [0.1, 0.15) is 0 Å². The highest BCUT2D eigenvalue weighted by Crippen LogP contribution is 2.48. The zero-order valence-electron chi connectivity index (χ0n) is 42.4. The number of quaternary nitrogens is 4. The Morgan fingerprint density at radius 1 is 0.172 bits per heavy atom. The molecule has 0 aromatic rings. The summed E-state index contributed by atoms with van der Waals surface area (Å²) >= 11 is 0. The molecule has 23 rings (SSSR count). The van der Waals surface area contributed by atoms with E-state index in [0.29, 0.717) is 0 Å². The van der Waals surface area contributed by atoms with Crippen LogP contribution in [0.15, 0.2) is 0 Å². The first kappa shape index (κ1) is 46.2. The third-order valence-electron chi connectivity index (χ3n) is 24.3. The van der Waals surface area contributed by atoms with Crippen molar-refractivity contribution in [3.63, 3.8) is 0 Å². The van der Waals surface area contributed by atoms with Crippen LogP contribution in [0.25, 0.3) is 0 Å². The molecule has 17 heterocycles. The topological polar surface area (TPSA) is 17.8 Å². The van der Waals surface area contributed by atoms with Gasteiger partial charge in [-0.3, -0.25) is 0 Å². The van der Waals surface area contributed by atoms with Gasteiger partial charge in [-0.2, -0.15) is 0 Å². The average Bonchev–Trinajstić information content (AvgIpc) is 3.36. The summed E-state index contributed by atoms with van der Waals surface area (Å²) in [5, 5.41) is 0. The summed E-state index contributed by atoms with van der Waals surface area (Å²) < 4.78 is 0. The summed E-state index contributed by atoms with van der Waals surface area (Å²) in [5.41, 5.74) is 0. The maximum Gasteiger partial charge on any atom is 0.0799 e. The van der Waals surface area contributed by atoms with Crippen molar-refractivity contribution in [2.45, 2.75) is 205 Å². The Labute approximate surface area is 396 Å². The van der Waals surface area contributed by atoms with Gasteiger partial charge < -0.3 is 19.6 Å². The van der Waals surface area contributed by atoms with Gasteiger partial charge >= 0.3 is 0 Å². The van der Waals surface area contributed by atoms with Gasteiger partial charge in [0.05, 0.1) is 78.5 Å².